The second-order valence-electron chi connectivity index (χ2n) is 5.48. The minimum atomic E-state index is 0.785. The molecule has 1 radical (unpaired) electrons. The molecule has 95 valence electrons. The van der Waals surface area contributed by atoms with Crippen LogP contribution in [0.1, 0.15) is 58.3 Å². The summed E-state index contributed by atoms with van der Waals surface area (Å²) in [6.07, 6.45) is 18.0. The maximum absolute atomic E-state index is 5.84. The zero-order valence-corrected chi connectivity index (χ0v) is 11.1. The van der Waals surface area contributed by atoms with Crippen LogP contribution < -0.4 is 0 Å². The lowest BCUT2D eigenvalue weighted by Gasteiger charge is -2.28. The minimum absolute atomic E-state index is 0.785. The van der Waals surface area contributed by atoms with E-state index in [2.05, 4.69) is 25.2 Å². The first kappa shape index (κ1) is 12.7. The van der Waals surface area contributed by atoms with E-state index in [0.29, 0.717) is 0 Å². The van der Waals surface area contributed by atoms with Gasteiger partial charge in [-0.25, -0.2) is 0 Å². The van der Waals surface area contributed by atoms with Gasteiger partial charge in [-0.05, 0) is 43.6 Å². The molecule has 17 heavy (non-hydrogen) atoms. The van der Waals surface area contributed by atoms with E-state index < -0.39 is 0 Å². The summed E-state index contributed by atoms with van der Waals surface area (Å²) in [7, 11) is 0. The third-order valence-corrected chi connectivity index (χ3v) is 4.02. The van der Waals surface area contributed by atoms with Crippen LogP contribution in [0.4, 0.5) is 0 Å². The van der Waals surface area contributed by atoms with Crippen molar-refractivity contribution in [3.05, 3.63) is 24.0 Å². The van der Waals surface area contributed by atoms with Gasteiger partial charge in [-0.2, -0.15) is 0 Å². The molecule has 1 saturated carbocycles. The van der Waals surface area contributed by atoms with Gasteiger partial charge in [-0.3, -0.25) is 0 Å². The fourth-order valence-corrected chi connectivity index (χ4v) is 2.93. The van der Waals surface area contributed by atoms with Crippen LogP contribution in [0.3, 0.4) is 0 Å². The molecule has 0 atom stereocenters. The Labute approximate surface area is 106 Å². The molecule has 0 saturated heterocycles. The van der Waals surface area contributed by atoms with E-state index in [4.69, 9.17) is 4.74 Å². The molecule has 0 aromatic heterocycles. The van der Waals surface area contributed by atoms with Gasteiger partial charge in [0.15, 0.2) is 0 Å². The number of hydrogen-bond acceptors (Lipinski definition) is 1. The van der Waals surface area contributed by atoms with Crippen LogP contribution in [0, 0.1) is 17.9 Å². The van der Waals surface area contributed by atoms with Crippen molar-refractivity contribution in [2.75, 3.05) is 6.61 Å². The Morgan fingerprint density at radius 3 is 2.59 bits per heavy atom. The molecule has 1 heteroatoms. The molecule has 0 aromatic carbocycles. The van der Waals surface area contributed by atoms with Gasteiger partial charge in [0, 0.05) is 6.08 Å². The molecular weight excluding hydrogens is 208 g/mol. The fourth-order valence-electron chi connectivity index (χ4n) is 2.93. The van der Waals surface area contributed by atoms with Gasteiger partial charge in [-0.15, -0.1) is 0 Å². The van der Waals surface area contributed by atoms with Crippen LogP contribution in [0.5, 0.6) is 0 Å². The quantitative estimate of drug-likeness (QED) is 0.672. The lowest BCUT2D eigenvalue weighted by atomic mass is 9.80. The van der Waals surface area contributed by atoms with Crippen molar-refractivity contribution in [1.82, 2.24) is 0 Å². The van der Waals surface area contributed by atoms with Gasteiger partial charge >= 0.3 is 0 Å². The second kappa shape index (κ2) is 6.88. The summed E-state index contributed by atoms with van der Waals surface area (Å²) in [4.78, 5) is 0. The lowest BCUT2D eigenvalue weighted by molar-refractivity contribution is 0.130. The van der Waals surface area contributed by atoms with E-state index in [1.165, 1.54) is 38.5 Å². The summed E-state index contributed by atoms with van der Waals surface area (Å²) in [5, 5.41) is 0. The van der Waals surface area contributed by atoms with E-state index in [1.807, 2.05) is 0 Å². The molecule has 2 aliphatic rings. The van der Waals surface area contributed by atoms with E-state index in [0.717, 1.165) is 37.0 Å². The molecule has 2 rings (SSSR count). The molecular formula is C16H25O. The molecule has 0 amide bonds. The van der Waals surface area contributed by atoms with E-state index >= 15 is 0 Å². The highest BCUT2D eigenvalue weighted by molar-refractivity contribution is 5.09. The Bertz CT molecular complexity index is 269. The summed E-state index contributed by atoms with van der Waals surface area (Å²) in [6, 6.07) is 0. The van der Waals surface area contributed by atoms with Gasteiger partial charge in [-0.1, -0.05) is 38.7 Å². The van der Waals surface area contributed by atoms with Crippen molar-refractivity contribution >= 4 is 0 Å². The normalized spacial score (nSPS) is 28.9. The fraction of sp³-hybridized carbons (Fsp3) is 0.750. The summed E-state index contributed by atoms with van der Waals surface area (Å²) >= 11 is 0. The van der Waals surface area contributed by atoms with E-state index in [-0.39, 0.29) is 0 Å². The number of rotatable bonds is 5. The maximum Gasteiger partial charge on any atom is 0.122 e. The molecule has 0 bridgehead atoms. The molecule has 1 fully saturated rings. The molecule has 0 spiro atoms. The van der Waals surface area contributed by atoms with E-state index in [9.17, 15) is 0 Å². The average Bonchev–Trinajstić information content (AvgIpc) is 2.40. The molecule has 0 aliphatic heterocycles. The third-order valence-electron chi connectivity index (χ3n) is 4.02. The zero-order chi connectivity index (χ0) is 11.9. The first-order valence-corrected chi connectivity index (χ1v) is 7.29. The molecule has 0 aromatic rings. The Kier molecular flexibility index (Phi) is 5.15. The van der Waals surface area contributed by atoms with Crippen LogP contribution in [-0.2, 0) is 4.74 Å². The molecule has 0 unspecified atom stereocenters. The third kappa shape index (κ3) is 4.22. The predicted octanol–water partition coefficient (Wildman–Crippen LogP) is 4.65. The Balaban J connectivity index is 1.64. The van der Waals surface area contributed by atoms with Crippen molar-refractivity contribution < 1.29 is 4.74 Å². The molecule has 2 aliphatic carbocycles. The highest BCUT2D eigenvalue weighted by Crippen LogP contribution is 2.32. The summed E-state index contributed by atoms with van der Waals surface area (Å²) in [6.45, 7) is 3.21. The Morgan fingerprint density at radius 1 is 1.18 bits per heavy atom. The SMILES string of the molecule is CCC[C@H]1CC[C@H](COC2=CCCC=[C]2)CC1. The van der Waals surface area contributed by atoms with Gasteiger partial charge in [0.25, 0.3) is 0 Å². The zero-order valence-electron chi connectivity index (χ0n) is 11.1. The van der Waals surface area contributed by atoms with Crippen molar-refractivity contribution in [2.24, 2.45) is 11.8 Å². The Morgan fingerprint density at radius 2 is 1.94 bits per heavy atom. The maximum atomic E-state index is 5.84. The largest absolute Gasteiger partial charge is 0.493 e. The van der Waals surface area contributed by atoms with Crippen molar-refractivity contribution in [1.29, 1.82) is 0 Å². The summed E-state index contributed by atoms with van der Waals surface area (Å²) in [5.74, 6) is 2.76. The topological polar surface area (TPSA) is 9.23 Å². The van der Waals surface area contributed by atoms with Crippen molar-refractivity contribution in [3.63, 3.8) is 0 Å². The average molecular weight is 233 g/mol. The summed E-state index contributed by atoms with van der Waals surface area (Å²) < 4.78 is 5.84. The Hall–Kier alpha value is -0.720. The van der Waals surface area contributed by atoms with Crippen LogP contribution in [0.2, 0.25) is 0 Å². The van der Waals surface area contributed by atoms with Crippen LogP contribution in [0.25, 0.3) is 0 Å². The summed E-state index contributed by atoms with van der Waals surface area (Å²) in [5.41, 5.74) is 0. The molecule has 0 heterocycles. The second-order valence-corrected chi connectivity index (χ2v) is 5.48. The van der Waals surface area contributed by atoms with Gasteiger partial charge in [0.05, 0.1) is 6.61 Å². The number of hydrogen-bond donors (Lipinski definition) is 0. The first-order chi connectivity index (χ1) is 8.38. The highest BCUT2D eigenvalue weighted by Gasteiger charge is 2.21. The predicted molar refractivity (Wildman–Crippen MR) is 71.4 cm³/mol. The monoisotopic (exact) mass is 233 g/mol. The van der Waals surface area contributed by atoms with Crippen LogP contribution >= 0.6 is 0 Å². The van der Waals surface area contributed by atoms with Crippen molar-refractivity contribution in [2.45, 2.75) is 58.3 Å². The first-order valence-electron chi connectivity index (χ1n) is 7.29. The van der Waals surface area contributed by atoms with Gasteiger partial charge in [0.1, 0.15) is 5.76 Å². The standard InChI is InChI=1S/C16H25O/c1-2-6-14-9-11-15(12-10-14)13-17-16-7-4-3-5-8-16/h4,8,14-15H,2-3,5-6,9-13H2,1H3/t14-,15-. The molecule has 0 N–H and O–H groups in total. The van der Waals surface area contributed by atoms with E-state index in [1.54, 1.807) is 0 Å². The lowest BCUT2D eigenvalue weighted by Crippen LogP contribution is -2.18. The van der Waals surface area contributed by atoms with Crippen LogP contribution in [-0.4, -0.2) is 6.61 Å². The number of ether oxygens (including phenoxy) is 1. The van der Waals surface area contributed by atoms with Gasteiger partial charge in [0.2, 0.25) is 0 Å². The number of allylic oxidation sites excluding steroid dienone is 3. The van der Waals surface area contributed by atoms with Crippen LogP contribution in [0.15, 0.2) is 17.9 Å². The highest BCUT2D eigenvalue weighted by atomic mass is 16.5. The van der Waals surface area contributed by atoms with Crippen molar-refractivity contribution in [3.8, 4) is 0 Å². The molecule has 1 nitrogen and oxygen atoms in total. The smallest absolute Gasteiger partial charge is 0.122 e. The van der Waals surface area contributed by atoms with Gasteiger partial charge < -0.3 is 4.74 Å². The minimum Gasteiger partial charge on any atom is -0.493 e.